The van der Waals surface area contributed by atoms with Gasteiger partial charge in [0.25, 0.3) is 0 Å². The van der Waals surface area contributed by atoms with Gasteiger partial charge in [-0.3, -0.25) is 0 Å². The van der Waals surface area contributed by atoms with Gasteiger partial charge in [0.2, 0.25) is 0 Å². The first kappa shape index (κ1) is 8.14. The Balaban J connectivity index is 0. The second kappa shape index (κ2) is 5.28. The molecule has 0 aromatic rings. The normalized spacial score (nSPS) is 10.5. The summed E-state index contributed by atoms with van der Waals surface area (Å²) in [7, 11) is -1.20. The Morgan fingerprint density at radius 3 is 1.88 bits per heavy atom. The fourth-order valence-corrected chi connectivity index (χ4v) is 1.55. The van der Waals surface area contributed by atoms with Crippen LogP contribution in [0.15, 0.2) is 0 Å². The summed E-state index contributed by atoms with van der Waals surface area (Å²) in [5.41, 5.74) is 0. The van der Waals surface area contributed by atoms with Crippen LogP contribution in [0, 0.1) is 0 Å². The minimum Gasteiger partial charge on any atom is -0.397 e. The molecule has 0 N–H and O–H groups in total. The molecule has 2 nitrogen and oxygen atoms in total. The van der Waals surface area contributed by atoms with Gasteiger partial charge in [0.1, 0.15) is 0 Å². The maximum absolute atomic E-state index is 5.20. The molecule has 0 aliphatic rings. The third-order valence-corrected chi connectivity index (χ3v) is 2.41. The molecule has 0 heterocycles. The van der Waals surface area contributed by atoms with E-state index >= 15 is 0 Å². The van der Waals surface area contributed by atoms with E-state index in [0.29, 0.717) is 0 Å². The smallest absolute Gasteiger partial charge is 0.318 e. The first-order chi connectivity index (χ1) is 3.81. The van der Waals surface area contributed by atoms with Crippen LogP contribution in [0.3, 0.4) is 0 Å². The van der Waals surface area contributed by atoms with E-state index in [1.165, 1.54) is 0 Å². The largest absolute Gasteiger partial charge is 0.397 e. The molecule has 0 bridgehead atoms. The lowest BCUT2D eigenvalue weighted by Gasteiger charge is -2.07. The molecule has 0 spiro atoms. The van der Waals surface area contributed by atoms with E-state index in [4.69, 9.17) is 8.85 Å². The van der Waals surface area contributed by atoms with Crippen LogP contribution in [-0.2, 0) is 8.85 Å². The lowest BCUT2D eigenvalue weighted by atomic mass is 10.9. The van der Waals surface area contributed by atoms with E-state index in [0.717, 1.165) is 13.2 Å². The molecule has 0 saturated heterocycles. The van der Waals surface area contributed by atoms with E-state index in [1.807, 2.05) is 20.4 Å². The maximum atomic E-state index is 5.20. The standard InChI is InChI=1S/C5H14O2Si.H2/c1-4-6-8(3)7-5-2;/h8H,4-5H2,1-3H3;1H. The SMILES string of the molecule is CCO[SiH](C)OCC.[HH]. The molecule has 0 aliphatic heterocycles. The van der Waals surface area contributed by atoms with Gasteiger partial charge in [-0.25, -0.2) is 0 Å². The zero-order chi connectivity index (χ0) is 6.41. The van der Waals surface area contributed by atoms with Gasteiger partial charge in [-0.15, -0.1) is 0 Å². The summed E-state index contributed by atoms with van der Waals surface area (Å²) in [4.78, 5) is 0. The minimum atomic E-state index is -1.20. The fourth-order valence-electron chi connectivity index (χ4n) is 0.518. The van der Waals surface area contributed by atoms with Crippen LogP contribution in [0.4, 0.5) is 0 Å². The van der Waals surface area contributed by atoms with Crippen molar-refractivity contribution in [3.05, 3.63) is 0 Å². The lowest BCUT2D eigenvalue weighted by molar-refractivity contribution is 0.219. The highest BCUT2D eigenvalue weighted by molar-refractivity contribution is 6.42. The minimum absolute atomic E-state index is 0. The third kappa shape index (κ3) is 4.30. The van der Waals surface area contributed by atoms with E-state index in [-0.39, 0.29) is 1.43 Å². The summed E-state index contributed by atoms with van der Waals surface area (Å²) < 4.78 is 10.4. The van der Waals surface area contributed by atoms with Crippen molar-refractivity contribution < 1.29 is 10.3 Å². The molecule has 8 heavy (non-hydrogen) atoms. The molecule has 0 aliphatic carbocycles. The van der Waals surface area contributed by atoms with Crippen LogP contribution < -0.4 is 0 Å². The highest BCUT2D eigenvalue weighted by Crippen LogP contribution is 1.85. The van der Waals surface area contributed by atoms with E-state index in [2.05, 4.69) is 0 Å². The van der Waals surface area contributed by atoms with Gasteiger partial charge in [0.05, 0.1) is 0 Å². The third-order valence-electron chi connectivity index (χ3n) is 0.803. The van der Waals surface area contributed by atoms with Gasteiger partial charge in [0, 0.05) is 14.6 Å². The predicted molar refractivity (Wildman–Crippen MR) is 38.4 cm³/mol. The first-order valence-corrected chi connectivity index (χ1v) is 5.14. The Hall–Kier alpha value is 0.137. The van der Waals surface area contributed by atoms with Crippen molar-refractivity contribution in [1.82, 2.24) is 0 Å². The van der Waals surface area contributed by atoms with Gasteiger partial charge in [-0.05, 0) is 20.4 Å². The lowest BCUT2D eigenvalue weighted by Crippen LogP contribution is -2.17. The second-order valence-electron chi connectivity index (χ2n) is 1.48. The van der Waals surface area contributed by atoms with Gasteiger partial charge >= 0.3 is 9.28 Å². The molecule has 3 heteroatoms. The average molecular weight is 136 g/mol. The molecule has 0 radical (unpaired) electrons. The van der Waals surface area contributed by atoms with Crippen LogP contribution in [0.5, 0.6) is 0 Å². The molecule has 0 fully saturated rings. The van der Waals surface area contributed by atoms with E-state index in [1.54, 1.807) is 0 Å². The average Bonchev–Trinajstić information content (AvgIpc) is 1.68. The van der Waals surface area contributed by atoms with Crippen LogP contribution in [-0.4, -0.2) is 22.5 Å². The van der Waals surface area contributed by atoms with Crippen molar-refractivity contribution >= 4 is 9.28 Å². The highest BCUT2D eigenvalue weighted by Gasteiger charge is 1.99. The summed E-state index contributed by atoms with van der Waals surface area (Å²) in [6, 6.07) is 0. The molecule has 0 unspecified atom stereocenters. The Bertz CT molecular complexity index is 48.2. The first-order valence-electron chi connectivity index (χ1n) is 3.04. The van der Waals surface area contributed by atoms with Crippen molar-refractivity contribution in [3.8, 4) is 0 Å². The van der Waals surface area contributed by atoms with Crippen molar-refractivity contribution in [2.75, 3.05) is 13.2 Å². The quantitative estimate of drug-likeness (QED) is 0.540. The van der Waals surface area contributed by atoms with Crippen LogP contribution in [0.1, 0.15) is 15.3 Å². The molecule has 0 aromatic carbocycles. The Morgan fingerprint density at radius 1 is 1.25 bits per heavy atom. The number of hydrogen-bond donors (Lipinski definition) is 0. The molecule has 0 amide bonds. The van der Waals surface area contributed by atoms with Gasteiger partial charge in [0.15, 0.2) is 0 Å². The molecular formula is C5H16O2Si. The van der Waals surface area contributed by atoms with Crippen molar-refractivity contribution in [2.45, 2.75) is 20.4 Å². The molecule has 0 rings (SSSR count). The van der Waals surface area contributed by atoms with Crippen LogP contribution >= 0.6 is 0 Å². The Labute approximate surface area is 54.1 Å². The summed E-state index contributed by atoms with van der Waals surface area (Å²) in [5, 5.41) is 0. The van der Waals surface area contributed by atoms with Crippen molar-refractivity contribution in [2.24, 2.45) is 0 Å². The topological polar surface area (TPSA) is 18.5 Å². The number of rotatable bonds is 4. The van der Waals surface area contributed by atoms with Crippen LogP contribution in [0.25, 0.3) is 0 Å². The molecule has 0 saturated carbocycles. The predicted octanol–water partition coefficient (Wildman–Crippen LogP) is 1.16. The molecule has 52 valence electrons. The summed E-state index contributed by atoms with van der Waals surface area (Å²) in [5.74, 6) is 0. The molecule has 0 aromatic heterocycles. The highest BCUT2D eigenvalue weighted by atomic mass is 28.3. The molecular weight excluding hydrogens is 120 g/mol. The maximum Gasteiger partial charge on any atom is 0.318 e. The molecule has 0 atom stereocenters. The van der Waals surface area contributed by atoms with Crippen molar-refractivity contribution in [1.29, 1.82) is 0 Å². The van der Waals surface area contributed by atoms with Crippen LogP contribution in [0.2, 0.25) is 6.55 Å². The van der Waals surface area contributed by atoms with Gasteiger partial charge in [-0.1, -0.05) is 0 Å². The fraction of sp³-hybridized carbons (Fsp3) is 1.00. The monoisotopic (exact) mass is 136 g/mol. The zero-order valence-electron chi connectivity index (χ0n) is 5.81. The van der Waals surface area contributed by atoms with Gasteiger partial charge < -0.3 is 8.85 Å². The van der Waals surface area contributed by atoms with Gasteiger partial charge in [-0.2, -0.15) is 0 Å². The van der Waals surface area contributed by atoms with Crippen molar-refractivity contribution in [3.63, 3.8) is 0 Å². The summed E-state index contributed by atoms with van der Waals surface area (Å²) in [6.45, 7) is 7.58. The Morgan fingerprint density at radius 2 is 1.62 bits per heavy atom. The summed E-state index contributed by atoms with van der Waals surface area (Å²) >= 11 is 0. The number of hydrogen-bond acceptors (Lipinski definition) is 2. The zero-order valence-corrected chi connectivity index (χ0v) is 6.96. The van der Waals surface area contributed by atoms with E-state index < -0.39 is 9.28 Å². The van der Waals surface area contributed by atoms with E-state index in [9.17, 15) is 0 Å². The second-order valence-corrected chi connectivity index (χ2v) is 3.28. The Kier molecular flexibility index (Phi) is 5.37. The summed E-state index contributed by atoms with van der Waals surface area (Å²) in [6.07, 6.45) is 0.